The number of anilines is 1. The summed E-state index contributed by atoms with van der Waals surface area (Å²) in [4.78, 5) is 27.9. The summed E-state index contributed by atoms with van der Waals surface area (Å²) in [5.41, 5.74) is 4.14. The average molecular weight is 372 g/mol. The number of hydrogen-bond donors (Lipinski definition) is 2. The Bertz CT molecular complexity index is 683. The minimum Gasteiger partial charge on any atom is -0.383 e. The standard InChI is InChI=1S/C20H28N4O3/c1-27-12-11-23-16-9-5-6-10-17(16)24-18(20(23)26)13-15(22-24)19(25)21-14-7-3-2-4-8-14/h2-4,7-8,15-18,22H,5-6,9-13H2,1H3,(H,21,25). The predicted molar refractivity (Wildman–Crippen MR) is 102 cm³/mol. The second-order valence-electron chi connectivity index (χ2n) is 7.64. The van der Waals surface area contributed by atoms with Crippen molar-refractivity contribution in [2.24, 2.45) is 0 Å². The zero-order valence-corrected chi connectivity index (χ0v) is 15.8. The molecule has 27 heavy (non-hydrogen) atoms. The van der Waals surface area contributed by atoms with Gasteiger partial charge in [-0.3, -0.25) is 9.59 Å². The molecule has 1 aliphatic carbocycles. The third-order valence-electron chi connectivity index (χ3n) is 6.01. The number of ether oxygens (including phenoxy) is 1. The molecule has 2 saturated heterocycles. The van der Waals surface area contributed by atoms with Crippen molar-refractivity contribution in [2.75, 3.05) is 25.6 Å². The lowest BCUT2D eigenvalue weighted by atomic mass is 9.85. The molecule has 1 aromatic carbocycles. The van der Waals surface area contributed by atoms with Crippen molar-refractivity contribution in [3.05, 3.63) is 30.3 Å². The zero-order valence-electron chi connectivity index (χ0n) is 15.8. The molecule has 0 bridgehead atoms. The van der Waals surface area contributed by atoms with Crippen LogP contribution in [-0.2, 0) is 14.3 Å². The molecule has 1 aromatic rings. The Labute approximate surface area is 160 Å². The van der Waals surface area contributed by atoms with Crippen LogP contribution in [0.4, 0.5) is 5.69 Å². The number of nitrogens with one attached hydrogen (secondary N) is 2. The fourth-order valence-corrected chi connectivity index (χ4v) is 4.72. The largest absolute Gasteiger partial charge is 0.383 e. The van der Waals surface area contributed by atoms with Gasteiger partial charge in [0.25, 0.3) is 0 Å². The van der Waals surface area contributed by atoms with E-state index in [1.54, 1.807) is 7.11 Å². The highest BCUT2D eigenvalue weighted by Crippen LogP contribution is 2.36. The molecule has 0 spiro atoms. The number of carbonyl (C=O) groups excluding carboxylic acids is 2. The number of rotatable bonds is 5. The number of hydrogen-bond acceptors (Lipinski definition) is 5. The molecule has 3 aliphatic rings. The first-order chi connectivity index (χ1) is 13.2. The summed E-state index contributed by atoms with van der Waals surface area (Å²) in [6.45, 7) is 1.18. The number of benzene rings is 1. The van der Waals surface area contributed by atoms with Gasteiger partial charge < -0.3 is 15.0 Å². The smallest absolute Gasteiger partial charge is 0.242 e. The Balaban J connectivity index is 1.49. The van der Waals surface area contributed by atoms with E-state index in [0.29, 0.717) is 19.6 Å². The number of para-hydroxylation sites is 1. The highest BCUT2D eigenvalue weighted by Gasteiger charge is 2.52. The lowest BCUT2D eigenvalue weighted by Gasteiger charge is -2.50. The van der Waals surface area contributed by atoms with E-state index < -0.39 is 0 Å². The molecule has 7 nitrogen and oxygen atoms in total. The number of amides is 2. The summed E-state index contributed by atoms with van der Waals surface area (Å²) >= 11 is 0. The van der Waals surface area contributed by atoms with Gasteiger partial charge in [0.05, 0.1) is 6.61 Å². The van der Waals surface area contributed by atoms with Crippen LogP contribution in [0.15, 0.2) is 30.3 Å². The third-order valence-corrected chi connectivity index (χ3v) is 6.01. The van der Waals surface area contributed by atoms with Gasteiger partial charge >= 0.3 is 0 Å². The lowest BCUT2D eigenvalue weighted by molar-refractivity contribution is -0.154. The summed E-state index contributed by atoms with van der Waals surface area (Å²) in [5, 5.41) is 5.04. The van der Waals surface area contributed by atoms with Crippen LogP contribution < -0.4 is 10.7 Å². The molecule has 146 valence electrons. The van der Waals surface area contributed by atoms with Gasteiger partial charge in [-0.15, -0.1) is 0 Å². The average Bonchev–Trinajstić information content (AvgIpc) is 3.15. The van der Waals surface area contributed by atoms with E-state index in [0.717, 1.165) is 24.9 Å². The van der Waals surface area contributed by atoms with E-state index in [1.807, 2.05) is 35.2 Å². The lowest BCUT2D eigenvalue weighted by Crippen LogP contribution is -2.68. The first-order valence-electron chi connectivity index (χ1n) is 9.89. The molecule has 2 heterocycles. The van der Waals surface area contributed by atoms with Gasteiger partial charge in [-0.25, -0.2) is 10.4 Å². The number of fused-ring (bicyclic) bond motifs is 3. The van der Waals surface area contributed by atoms with Crippen LogP contribution in [0.1, 0.15) is 32.1 Å². The maximum Gasteiger partial charge on any atom is 0.242 e. The van der Waals surface area contributed by atoms with Crippen LogP contribution in [-0.4, -0.2) is 66.2 Å². The monoisotopic (exact) mass is 372 g/mol. The highest BCUT2D eigenvalue weighted by molar-refractivity contribution is 5.96. The minimum absolute atomic E-state index is 0.0841. The van der Waals surface area contributed by atoms with E-state index in [9.17, 15) is 9.59 Å². The Morgan fingerprint density at radius 3 is 2.70 bits per heavy atom. The molecule has 2 aliphatic heterocycles. The Morgan fingerprint density at radius 1 is 1.22 bits per heavy atom. The number of hydrazine groups is 1. The first kappa shape index (κ1) is 18.4. The van der Waals surface area contributed by atoms with E-state index in [4.69, 9.17) is 4.74 Å². The topological polar surface area (TPSA) is 73.9 Å². The number of carbonyl (C=O) groups is 2. The van der Waals surface area contributed by atoms with Crippen molar-refractivity contribution in [3.8, 4) is 0 Å². The first-order valence-corrected chi connectivity index (χ1v) is 9.89. The second kappa shape index (κ2) is 7.96. The number of methoxy groups -OCH3 is 1. The van der Waals surface area contributed by atoms with E-state index in [2.05, 4.69) is 15.8 Å². The summed E-state index contributed by atoms with van der Waals surface area (Å²) < 4.78 is 5.22. The molecule has 4 unspecified atom stereocenters. The van der Waals surface area contributed by atoms with Crippen molar-refractivity contribution < 1.29 is 14.3 Å². The maximum atomic E-state index is 13.2. The van der Waals surface area contributed by atoms with Gasteiger partial charge in [-0.05, 0) is 31.4 Å². The SMILES string of the molecule is COCCN1C(=O)C2CC(C(=O)Nc3ccccc3)NN2C2CCCCC21. The van der Waals surface area contributed by atoms with E-state index in [-0.39, 0.29) is 36.0 Å². The van der Waals surface area contributed by atoms with Gasteiger partial charge in [0.15, 0.2) is 0 Å². The third kappa shape index (κ3) is 3.59. The van der Waals surface area contributed by atoms with Gasteiger partial charge in [-0.1, -0.05) is 31.0 Å². The number of nitrogens with zero attached hydrogens (tertiary/aromatic N) is 2. The van der Waals surface area contributed by atoms with Gasteiger partial charge in [0.1, 0.15) is 12.1 Å². The highest BCUT2D eigenvalue weighted by atomic mass is 16.5. The summed E-state index contributed by atoms with van der Waals surface area (Å²) in [7, 11) is 1.67. The van der Waals surface area contributed by atoms with Crippen LogP contribution in [0, 0.1) is 0 Å². The Kier molecular flexibility index (Phi) is 5.43. The quantitative estimate of drug-likeness (QED) is 0.817. The Hall–Kier alpha value is -1.96. The molecular weight excluding hydrogens is 344 g/mol. The summed E-state index contributed by atoms with van der Waals surface area (Å²) in [5.74, 6) is 0.0388. The molecular formula is C20H28N4O3. The van der Waals surface area contributed by atoms with Crippen LogP contribution in [0.25, 0.3) is 0 Å². The summed E-state index contributed by atoms with van der Waals surface area (Å²) in [6.07, 6.45) is 4.89. The van der Waals surface area contributed by atoms with Gasteiger partial charge in [-0.2, -0.15) is 0 Å². The van der Waals surface area contributed by atoms with Crippen LogP contribution >= 0.6 is 0 Å². The predicted octanol–water partition coefficient (Wildman–Crippen LogP) is 1.37. The second-order valence-corrected chi connectivity index (χ2v) is 7.64. The van der Waals surface area contributed by atoms with E-state index >= 15 is 0 Å². The molecule has 3 fully saturated rings. The molecule has 2 N–H and O–H groups in total. The fourth-order valence-electron chi connectivity index (χ4n) is 4.72. The Morgan fingerprint density at radius 2 is 1.96 bits per heavy atom. The molecule has 2 amide bonds. The zero-order chi connectivity index (χ0) is 18.8. The molecule has 4 atom stereocenters. The van der Waals surface area contributed by atoms with Crippen molar-refractivity contribution in [2.45, 2.75) is 56.3 Å². The summed E-state index contributed by atoms with van der Waals surface area (Å²) in [6, 6.07) is 9.27. The molecule has 4 rings (SSSR count). The molecule has 0 aromatic heterocycles. The van der Waals surface area contributed by atoms with Crippen molar-refractivity contribution in [1.82, 2.24) is 15.3 Å². The molecule has 7 heteroatoms. The van der Waals surface area contributed by atoms with Crippen LogP contribution in [0.2, 0.25) is 0 Å². The number of piperazine rings is 1. The van der Waals surface area contributed by atoms with Crippen molar-refractivity contribution >= 4 is 17.5 Å². The minimum atomic E-state index is -0.385. The van der Waals surface area contributed by atoms with Gasteiger partial charge in [0, 0.05) is 31.4 Å². The molecule has 0 radical (unpaired) electrons. The van der Waals surface area contributed by atoms with Crippen LogP contribution in [0.5, 0.6) is 0 Å². The van der Waals surface area contributed by atoms with E-state index in [1.165, 1.54) is 6.42 Å². The fraction of sp³-hybridized carbons (Fsp3) is 0.600. The molecule has 1 saturated carbocycles. The van der Waals surface area contributed by atoms with Crippen molar-refractivity contribution in [1.29, 1.82) is 0 Å². The van der Waals surface area contributed by atoms with Crippen LogP contribution in [0.3, 0.4) is 0 Å². The maximum absolute atomic E-state index is 13.2. The van der Waals surface area contributed by atoms with Crippen molar-refractivity contribution in [3.63, 3.8) is 0 Å². The normalized spacial score (nSPS) is 30.7. The van der Waals surface area contributed by atoms with Gasteiger partial charge in [0.2, 0.25) is 11.8 Å².